The summed E-state index contributed by atoms with van der Waals surface area (Å²) in [7, 11) is -4.43. The summed E-state index contributed by atoms with van der Waals surface area (Å²) in [5, 5.41) is 12.7. The van der Waals surface area contributed by atoms with Crippen molar-refractivity contribution in [3.63, 3.8) is 0 Å². The largest absolute Gasteiger partial charge is 0.389 e. The van der Waals surface area contributed by atoms with Crippen molar-refractivity contribution < 1.29 is 18.1 Å². The highest BCUT2D eigenvalue weighted by atomic mass is 35.5. The molecule has 1 saturated carbocycles. The molecule has 7 nitrogen and oxygen atoms in total. The van der Waals surface area contributed by atoms with E-state index in [1.807, 2.05) is 0 Å². The molecule has 1 aliphatic rings. The van der Waals surface area contributed by atoms with Gasteiger partial charge in [0.2, 0.25) is 0 Å². The van der Waals surface area contributed by atoms with E-state index in [1.54, 1.807) is 0 Å². The highest BCUT2D eigenvalue weighted by molar-refractivity contribution is 7.85. The van der Waals surface area contributed by atoms with E-state index in [1.165, 1.54) is 0 Å². The molecule has 0 amide bonds. The third-order valence-corrected chi connectivity index (χ3v) is 3.89. The Morgan fingerprint density at radius 3 is 2.75 bits per heavy atom. The molecule has 0 aromatic carbocycles. The molecule has 0 aliphatic heterocycles. The Labute approximate surface area is 96.8 Å². The minimum Gasteiger partial charge on any atom is -0.389 e. The van der Waals surface area contributed by atoms with Crippen molar-refractivity contribution in [1.29, 1.82) is 0 Å². The molecule has 2 N–H and O–H groups in total. The number of halogens is 1. The standard InChI is InChI=1S/C7H10ClN3O4S/c8-7(1-2-7)5(12)3-11-6(9-4-10-11)16(13,14)15/h4-5,12H,1-3H2,(H,13,14,15). The third kappa shape index (κ3) is 2.19. The number of aliphatic hydroxyl groups excluding tert-OH is 1. The quantitative estimate of drug-likeness (QED) is 0.571. The van der Waals surface area contributed by atoms with Crippen LogP contribution in [0.3, 0.4) is 0 Å². The van der Waals surface area contributed by atoms with Crippen LogP contribution >= 0.6 is 11.6 Å². The van der Waals surface area contributed by atoms with Gasteiger partial charge in [0.25, 0.3) is 5.16 Å². The minimum atomic E-state index is -4.43. The molecule has 0 bridgehead atoms. The fraction of sp³-hybridized carbons (Fsp3) is 0.714. The molecular formula is C7H10ClN3O4S. The molecule has 90 valence electrons. The maximum Gasteiger partial charge on any atom is 0.330 e. The Balaban J connectivity index is 2.19. The average molecular weight is 268 g/mol. The normalized spacial score (nSPS) is 20.7. The molecule has 1 unspecified atom stereocenters. The van der Waals surface area contributed by atoms with Crippen molar-refractivity contribution in [2.45, 2.75) is 35.5 Å². The number of hydrogen-bond donors (Lipinski definition) is 2. The monoisotopic (exact) mass is 267 g/mol. The van der Waals surface area contributed by atoms with Gasteiger partial charge in [-0.3, -0.25) is 4.55 Å². The van der Waals surface area contributed by atoms with E-state index in [0.29, 0.717) is 12.8 Å². The zero-order valence-corrected chi connectivity index (χ0v) is 9.69. The molecule has 1 heterocycles. The van der Waals surface area contributed by atoms with E-state index < -0.39 is 26.3 Å². The van der Waals surface area contributed by atoms with Gasteiger partial charge in [-0.05, 0) is 12.8 Å². The number of alkyl halides is 1. The highest BCUT2D eigenvalue weighted by Crippen LogP contribution is 2.45. The lowest BCUT2D eigenvalue weighted by molar-refractivity contribution is 0.132. The Hall–Kier alpha value is -0.700. The van der Waals surface area contributed by atoms with E-state index in [9.17, 15) is 13.5 Å². The molecule has 2 rings (SSSR count). The first kappa shape index (κ1) is 11.8. The summed E-state index contributed by atoms with van der Waals surface area (Å²) < 4.78 is 31.5. The van der Waals surface area contributed by atoms with Crippen molar-refractivity contribution >= 4 is 21.7 Å². The molecule has 0 radical (unpaired) electrons. The van der Waals surface area contributed by atoms with Gasteiger partial charge < -0.3 is 5.11 Å². The topological polar surface area (TPSA) is 105 Å². The number of hydrogen-bond acceptors (Lipinski definition) is 5. The van der Waals surface area contributed by atoms with Crippen LogP contribution in [0.4, 0.5) is 0 Å². The zero-order chi connectivity index (χ0) is 12.0. The molecule has 0 spiro atoms. The highest BCUT2D eigenvalue weighted by Gasteiger charge is 2.47. The SMILES string of the molecule is O=S(=O)(O)c1ncnn1CC(O)C1(Cl)CC1. The third-order valence-electron chi connectivity index (χ3n) is 2.48. The van der Waals surface area contributed by atoms with Crippen molar-refractivity contribution in [2.75, 3.05) is 0 Å². The summed E-state index contributed by atoms with van der Waals surface area (Å²) in [6.07, 6.45) is 1.41. The second-order valence-electron chi connectivity index (χ2n) is 3.75. The van der Waals surface area contributed by atoms with Gasteiger partial charge in [0, 0.05) is 0 Å². The van der Waals surface area contributed by atoms with Crippen molar-refractivity contribution in [3.05, 3.63) is 6.33 Å². The second kappa shape index (κ2) is 3.66. The first-order valence-electron chi connectivity index (χ1n) is 4.55. The van der Waals surface area contributed by atoms with Gasteiger partial charge in [-0.2, -0.15) is 13.5 Å². The van der Waals surface area contributed by atoms with Crippen LogP contribution in [0.5, 0.6) is 0 Å². The maximum absolute atomic E-state index is 10.9. The summed E-state index contributed by atoms with van der Waals surface area (Å²) in [5.41, 5.74) is 0. The van der Waals surface area contributed by atoms with Gasteiger partial charge in [-0.15, -0.1) is 11.6 Å². The summed E-state index contributed by atoms with van der Waals surface area (Å²) in [6, 6.07) is 0. The Morgan fingerprint density at radius 1 is 1.62 bits per heavy atom. The summed E-state index contributed by atoms with van der Waals surface area (Å²) in [4.78, 5) is 2.71. The molecule has 9 heteroatoms. The van der Waals surface area contributed by atoms with Crippen molar-refractivity contribution in [1.82, 2.24) is 14.8 Å². The van der Waals surface area contributed by atoms with Gasteiger partial charge in [-0.25, -0.2) is 9.67 Å². The van der Waals surface area contributed by atoms with Crippen LogP contribution in [0, 0.1) is 0 Å². The molecule has 1 aromatic heterocycles. The fourth-order valence-corrected chi connectivity index (χ4v) is 2.09. The Kier molecular flexibility index (Phi) is 2.69. The maximum atomic E-state index is 10.9. The van der Waals surface area contributed by atoms with Gasteiger partial charge in [0.15, 0.2) is 0 Å². The molecule has 1 fully saturated rings. The van der Waals surface area contributed by atoms with Crippen molar-refractivity contribution in [3.8, 4) is 0 Å². The van der Waals surface area contributed by atoms with Crippen LogP contribution < -0.4 is 0 Å². The van der Waals surface area contributed by atoms with Crippen LogP contribution in [-0.2, 0) is 16.7 Å². The van der Waals surface area contributed by atoms with Gasteiger partial charge in [-0.1, -0.05) is 0 Å². The van der Waals surface area contributed by atoms with Crippen LogP contribution in [0.1, 0.15) is 12.8 Å². The molecular weight excluding hydrogens is 258 g/mol. The number of nitrogens with zero attached hydrogens (tertiary/aromatic N) is 3. The number of aliphatic hydroxyl groups is 1. The van der Waals surface area contributed by atoms with Crippen LogP contribution in [0.2, 0.25) is 0 Å². The van der Waals surface area contributed by atoms with Crippen LogP contribution in [0.25, 0.3) is 0 Å². The van der Waals surface area contributed by atoms with E-state index in [0.717, 1.165) is 11.0 Å². The van der Waals surface area contributed by atoms with E-state index in [4.69, 9.17) is 16.2 Å². The number of rotatable bonds is 4. The van der Waals surface area contributed by atoms with Crippen molar-refractivity contribution in [2.24, 2.45) is 0 Å². The first-order valence-corrected chi connectivity index (χ1v) is 6.37. The molecule has 1 aliphatic carbocycles. The lowest BCUT2D eigenvalue weighted by Crippen LogP contribution is -2.29. The summed E-state index contributed by atoms with van der Waals surface area (Å²) in [5.74, 6) is 0. The molecule has 1 atom stereocenters. The van der Waals surface area contributed by atoms with E-state index in [2.05, 4.69) is 10.1 Å². The van der Waals surface area contributed by atoms with E-state index in [-0.39, 0.29) is 6.54 Å². The minimum absolute atomic E-state index is 0.112. The molecule has 1 aromatic rings. The summed E-state index contributed by atoms with van der Waals surface area (Å²) >= 11 is 5.95. The second-order valence-corrected chi connectivity index (χ2v) is 5.82. The smallest absolute Gasteiger partial charge is 0.330 e. The lowest BCUT2D eigenvalue weighted by Gasteiger charge is -2.15. The zero-order valence-electron chi connectivity index (χ0n) is 8.11. The van der Waals surface area contributed by atoms with E-state index >= 15 is 0 Å². The Morgan fingerprint density at radius 2 is 2.25 bits per heavy atom. The lowest BCUT2D eigenvalue weighted by atomic mass is 10.2. The van der Waals surface area contributed by atoms with Crippen LogP contribution in [-0.4, -0.2) is 43.8 Å². The molecule has 0 saturated heterocycles. The number of aromatic nitrogens is 3. The predicted octanol–water partition coefficient (Wildman–Crippen LogP) is -0.343. The average Bonchev–Trinajstić information content (AvgIpc) is 2.75. The molecule has 16 heavy (non-hydrogen) atoms. The predicted molar refractivity (Wildman–Crippen MR) is 53.7 cm³/mol. The summed E-state index contributed by atoms with van der Waals surface area (Å²) in [6.45, 7) is -0.112. The van der Waals surface area contributed by atoms with Gasteiger partial charge in [0.1, 0.15) is 6.33 Å². The fourth-order valence-electron chi connectivity index (χ4n) is 1.36. The van der Waals surface area contributed by atoms with Gasteiger partial charge >= 0.3 is 10.1 Å². The van der Waals surface area contributed by atoms with Gasteiger partial charge in [0.05, 0.1) is 17.5 Å². The Bertz CT molecular complexity index is 495. The van der Waals surface area contributed by atoms with Crippen LogP contribution in [0.15, 0.2) is 11.5 Å². The first-order chi connectivity index (χ1) is 7.33.